The van der Waals surface area contributed by atoms with Crippen LogP contribution in [0.5, 0.6) is 0 Å². The van der Waals surface area contributed by atoms with Crippen molar-refractivity contribution in [2.24, 2.45) is 11.8 Å². The van der Waals surface area contributed by atoms with E-state index in [1.54, 1.807) is 26.9 Å². The first-order chi connectivity index (χ1) is 17.8. The number of aliphatic hydroxyl groups is 1. The molecule has 3 aliphatic heterocycles. The molecule has 3 saturated heterocycles. The maximum Gasteiger partial charge on any atom is 0.248 e. The molecule has 3 aliphatic rings. The number of fused-ring (bicyclic) bond motifs is 1. The summed E-state index contributed by atoms with van der Waals surface area (Å²) in [5, 5.41) is 10.2. The Morgan fingerprint density at radius 3 is 2.32 bits per heavy atom. The number of aliphatic hydroxyl groups excluding tert-OH is 1. The lowest BCUT2D eigenvalue weighted by Crippen LogP contribution is -2.59. The van der Waals surface area contributed by atoms with Crippen molar-refractivity contribution in [1.82, 2.24) is 14.7 Å². The number of alkyl halides is 1. The van der Waals surface area contributed by atoms with Crippen LogP contribution >= 0.6 is 15.9 Å². The van der Waals surface area contributed by atoms with Crippen molar-refractivity contribution < 1.29 is 24.2 Å². The minimum absolute atomic E-state index is 0.132. The number of halogens is 1. The lowest BCUT2D eigenvalue weighted by molar-refractivity contribution is -0.151. The summed E-state index contributed by atoms with van der Waals surface area (Å²) < 4.78 is 6.63. The van der Waals surface area contributed by atoms with Crippen LogP contribution in [0.15, 0.2) is 25.3 Å². The predicted octanol–water partition coefficient (Wildman–Crippen LogP) is 3.13. The fraction of sp³-hybridized carbons (Fsp3) is 0.750. The van der Waals surface area contributed by atoms with E-state index in [0.717, 1.165) is 25.7 Å². The van der Waals surface area contributed by atoms with Gasteiger partial charge in [0.05, 0.1) is 30.6 Å². The minimum Gasteiger partial charge on any atom is -0.394 e. The van der Waals surface area contributed by atoms with Crippen LogP contribution in [0.1, 0.15) is 59.3 Å². The number of carbonyl (C=O) groups is 3. The molecular formula is C28H44BrN3O5. The highest BCUT2D eigenvalue weighted by molar-refractivity contribution is 9.09. The summed E-state index contributed by atoms with van der Waals surface area (Å²) in [6, 6.07) is -1.43. The Morgan fingerprint density at radius 1 is 1.14 bits per heavy atom. The molecule has 0 aromatic heterocycles. The van der Waals surface area contributed by atoms with Crippen molar-refractivity contribution in [2.75, 3.05) is 32.8 Å². The normalized spacial score (nSPS) is 30.8. The highest BCUT2D eigenvalue weighted by atomic mass is 79.9. The van der Waals surface area contributed by atoms with Gasteiger partial charge in [0.1, 0.15) is 11.6 Å². The number of nitrogens with zero attached hydrogens (tertiary/aromatic N) is 3. The Hall–Kier alpha value is -1.71. The van der Waals surface area contributed by atoms with Crippen LogP contribution in [0.2, 0.25) is 0 Å². The molecule has 3 amide bonds. The summed E-state index contributed by atoms with van der Waals surface area (Å²) in [5.41, 5.74) is -1.12. The zero-order valence-corrected chi connectivity index (χ0v) is 24.2. The minimum atomic E-state index is -1.12. The van der Waals surface area contributed by atoms with Crippen molar-refractivity contribution in [2.45, 2.75) is 87.9 Å². The van der Waals surface area contributed by atoms with Gasteiger partial charge in [-0.15, -0.1) is 13.2 Å². The number of amides is 3. The van der Waals surface area contributed by atoms with Gasteiger partial charge in [-0.2, -0.15) is 0 Å². The van der Waals surface area contributed by atoms with Gasteiger partial charge in [-0.3, -0.25) is 14.4 Å². The molecule has 9 heteroatoms. The molecule has 8 nitrogen and oxygen atoms in total. The van der Waals surface area contributed by atoms with Crippen molar-refractivity contribution in [3.8, 4) is 0 Å². The topological polar surface area (TPSA) is 90.4 Å². The van der Waals surface area contributed by atoms with Crippen molar-refractivity contribution >= 4 is 33.7 Å². The first-order valence-electron chi connectivity index (χ1n) is 13.8. The van der Waals surface area contributed by atoms with Crippen LogP contribution in [0.4, 0.5) is 0 Å². The molecular weight excluding hydrogens is 538 g/mol. The third kappa shape index (κ3) is 5.28. The lowest BCUT2D eigenvalue weighted by atomic mass is 9.70. The van der Waals surface area contributed by atoms with E-state index >= 15 is 0 Å². The number of carbonyl (C=O) groups excluding carboxylic acids is 3. The van der Waals surface area contributed by atoms with Gasteiger partial charge in [0.25, 0.3) is 0 Å². The van der Waals surface area contributed by atoms with Gasteiger partial charge in [0, 0.05) is 31.0 Å². The van der Waals surface area contributed by atoms with Crippen molar-refractivity contribution in [1.29, 1.82) is 0 Å². The quantitative estimate of drug-likeness (QED) is 0.182. The van der Waals surface area contributed by atoms with E-state index in [1.807, 2.05) is 13.8 Å². The zero-order valence-electron chi connectivity index (χ0n) is 22.6. The van der Waals surface area contributed by atoms with E-state index in [9.17, 15) is 19.5 Å². The zero-order chi connectivity index (χ0) is 27.3. The first-order valence-corrected chi connectivity index (χ1v) is 14.7. The number of unbranched alkanes of at least 4 members (excludes halogenated alkanes) is 2. The Kier molecular flexibility index (Phi) is 10.4. The molecule has 0 aromatic carbocycles. The maximum absolute atomic E-state index is 14.3. The molecule has 0 aliphatic carbocycles. The summed E-state index contributed by atoms with van der Waals surface area (Å²) >= 11 is 3.73. The van der Waals surface area contributed by atoms with Crippen molar-refractivity contribution in [3.05, 3.63) is 25.3 Å². The van der Waals surface area contributed by atoms with E-state index in [2.05, 4.69) is 36.0 Å². The molecule has 0 aromatic rings. The Balaban J connectivity index is 2.08. The summed E-state index contributed by atoms with van der Waals surface area (Å²) in [5.74, 6) is -2.04. The predicted molar refractivity (Wildman–Crippen MR) is 147 cm³/mol. The molecule has 1 N–H and O–H groups in total. The van der Waals surface area contributed by atoms with Gasteiger partial charge in [0.2, 0.25) is 17.7 Å². The average Bonchev–Trinajstić information content (AvgIpc) is 3.47. The number of hydrogen-bond acceptors (Lipinski definition) is 5. The van der Waals surface area contributed by atoms with E-state index in [-0.39, 0.29) is 29.2 Å². The molecule has 7 atom stereocenters. The smallest absolute Gasteiger partial charge is 0.248 e. The summed E-state index contributed by atoms with van der Waals surface area (Å²) in [7, 11) is 0. The Morgan fingerprint density at radius 2 is 1.78 bits per heavy atom. The van der Waals surface area contributed by atoms with Gasteiger partial charge >= 0.3 is 0 Å². The van der Waals surface area contributed by atoms with Crippen LogP contribution in [0, 0.1) is 11.8 Å². The number of hydrogen-bond donors (Lipinski definition) is 1. The molecule has 2 bridgehead atoms. The van der Waals surface area contributed by atoms with Gasteiger partial charge in [-0.05, 0) is 25.7 Å². The fourth-order valence-electron chi connectivity index (χ4n) is 6.54. The summed E-state index contributed by atoms with van der Waals surface area (Å²) in [6.45, 7) is 15.3. The largest absolute Gasteiger partial charge is 0.394 e. The highest BCUT2D eigenvalue weighted by Crippen LogP contribution is 2.60. The van der Waals surface area contributed by atoms with Gasteiger partial charge in [-0.1, -0.05) is 61.7 Å². The average molecular weight is 583 g/mol. The molecule has 1 spiro atoms. The summed E-state index contributed by atoms with van der Waals surface area (Å²) in [4.78, 5) is 47.2. The number of likely N-dealkylation sites (tertiary alicyclic amines) is 1. The standard InChI is InChI=1S/C28H44BrN3O5/c1-6-11-12-16-31(15-9-4)27(36)24-28-17-20(29)23(37-28)21(25(34)30(13-7-2)14-8-3)22(28)26(35)32(24)19(10-5)18-33/h7,9,19-24,33H,2,4,6,8,10-18H2,1,3,5H3/t19-,20?,21+,22-,23+,24?,28?/m0/s1. The molecule has 3 rings (SSSR count). The van der Waals surface area contributed by atoms with E-state index in [4.69, 9.17) is 4.74 Å². The Labute approximate surface area is 230 Å². The van der Waals surface area contributed by atoms with Gasteiger partial charge in [0.15, 0.2) is 0 Å². The number of rotatable bonds is 15. The molecule has 3 heterocycles. The van der Waals surface area contributed by atoms with E-state index in [1.165, 1.54) is 0 Å². The number of ether oxygens (including phenoxy) is 1. The molecule has 0 radical (unpaired) electrons. The second-order valence-electron chi connectivity index (χ2n) is 10.5. The SMILES string of the molecule is C=CCN(CCCCC)C(=O)C1N([C@@H](CC)CO)C(=O)[C@@H]2[C@@H](C(=O)N(CC=C)CCC)[C@@H]3OC12CC3Br. The molecule has 3 fully saturated rings. The third-order valence-corrected chi connectivity index (χ3v) is 9.01. The molecule has 3 unspecified atom stereocenters. The maximum atomic E-state index is 14.3. The van der Waals surface area contributed by atoms with Crippen LogP contribution in [-0.2, 0) is 19.1 Å². The molecule has 0 saturated carbocycles. The molecule has 208 valence electrons. The van der Waals surface area contributed by atoms with Crippen LogP contribution in [0.25, 0.3) is 0 Å². The Bertz CT molecular complexity index is 865. The van der Waals surface area contributed by atoms with Crippen LogP contribution in [-0.4, -0.2) is 98.9 Å². The van der Waals surface area contributed by atoms with Gasteiger partial charge < -0.3 is 24.5 Å². The summed E-state index contributed by atoms with van der Waals surface area (Å²) in [6.07, 6.45) is 7.50. The molecule has 37 heavy (non-hydrogen) atoms. The van der Waals surface area contributed by atoms with Crippen molar-refractivity contribution in [3.63, 3.8) is 0 Å². The van der Waals surface area contributed by atoms with Crippen LogP contribution < -0.4 is 0 Å². The second kappa shape index (κ2) is 12.9. The van der Waals surface area contributed by atoms with E-state index < -0.39 is 35.6 Å². The first kappa shape index (κ1) is 29.8. The van der Waals surface area contributed by atoms with Gasteiger partial charge in [-0.25, -0.2) is 0 Å². The fourth-order valence-corrected chi connectivity index (χ4v) is 7.48. The van der Waals surface area contributed by atoms with Crippen LogP contribution in [0.3, 0.4) is 0 Å². The second-order valence-corrected chi connectivity index (χ2v) is 11.7. The third-order valence-electron chi connectivity index (χ3n) is 8.17. The monoisotopic (exact) mass is 581 g/mol. The van der Waals surface area contributed by atoms with E-state index in [0.29, 0.717) is 39.0 Å². The lowest BCUT2D eigenvalue weighted by Gasteiger charge is -2.39. The highest BCUT2D eigenvalue weighted by Gasteiger charge is 2.77.